The largest absolute Gasteiger partial charge is 0.419 e. The first-order valence-electron chi connectivity index (χ1n) is 6.39. The van der Waals surface area contributed by atoms with Crippen LogP contribution in [0.15, 0.2) is 30.4 Å². The Morgan fingerprint density at radius 3 is 2.45 bits per heavy atom. The van der Waals surface area contributed by atoms with Crippen molar-refractivity contribution in [3.05, 3.63) is 47.3 Å². The number of hydrogen-bond donors (Lipinski definition) is 2. The molecular weight excluding hydrogens is 272 g/mol. The molecule has 0 aromatic heterocycles. The molecular formula is C14H16F4N2. The molecule has 1 aliphatic rings. The first kappa shape index (κ1) is 15.0. The van der Waals surface area contributed by atoms with Crippen molar-refractivity contribution in [1.29, 1.82) is 0 Å². The molecule has 1 aromatic rings. The molecule has 0 aliphatic heterocycles. The first-order valence-corrected chi connectivity index (χ1v) is 6.39. The molecule has 0 spiro atoms. The van der Waals surface area contributed by atoms with Gasteiger partial charge in [-0.25, -0.2) is 4.39 Å². The summed E-state index contributed by atoms with van der Waals surface area (Å²) < 4.78 is 51.4. The van der Waals surface area contributed by atoms with Crippen molar-refractivity contribution < 1.29 is 17.6 Å². The SMILES string of the molecule is NCC(NC1CC=CC1)c1ccc(F)c(C(F)(F)F)c1. The van der Waals surface area contributed by atoms with Crippen LogP contribution in [0.4, 0.5) is 17.6 Å². The van der Waals surface area contributed by atoms with Crippen LogP contribution in [0, 0.1) is 5.82 Å². The van der Waals surface area contributed by atoms with Crippen LogP contribution in [0.3, 0.4) is 0 Å². The molecule has 0 amide bonds. The molecule has 1 atom stereocenters. The second-order valence-corrected chi connectivity index (χ2v) is 4.83. The predicted octanol–water partition coefficient (Wildman–Crippen LogP) is 3.15. The Morgan fingerprint density at radius 2 is 1.90 bits per heavy atom. The highest BCUT2D eigenvalue weighted by atomic mass is 19.4. The maximum Gasteiger partial charge on any atom is 0.419 e. The van der Waals surface area contributed by atoms with Crippen LogP contribution in [0.1, 0.15) is 30.0 Å². The van der Waals surface area contributed by atoms with E-state index in [0.29, 0.717) is 5.56 Å². The average Bonchev–Trinajstić information content (AvgIpc) is 2.88. The molecule has 0 bridgehead atoms. The summed E-state index contributed by atoms with van der Waals surface area (Å²) in [6.45, 7) is 0.152. The summed E-state index contributed by atoms with van der Waals surface area (Å²) in [6, 6.07) is 2.78. The maximum atomic E-state index is 13.3. The Balaban J connectivity index is 2.21. The Bertz CT molecular complexity index is 488. The number of hydrogen-bond acceptors (Lipinski definition) is 2. The molecule has 1 aliphatic carbocycles. The molecule has 3 N–H and O–H groups in total. The summed E-state index contributed by atoms with van der Waals surface area (Å²) in [5, 5.41) is 3.20. The van der Waals surface area contributed by atoms with Crippen LogP contribution in [0.5, 0.6) is 0 Å². The second kappa shape index (κ2) is 5.93. The second-order valence-electron chi connectivity index (χ2n) is 4.83. The normalized spacial score (nSPS) is 17.6. The quantitative estimate of drug-likeness (QED) is 0.660. The van der Waals surface area contributed by atoms with Gasteiger partial charge in [0.25, 0.3) is 0 Å². The summed E-state index contributed by atoms with van der Waals surface area (Å²) in [5.74, 6) is -1.26. The number of nitrogens with two attached hydrogens (primary N) is 1. The monoisotopic (exact) mass is 288 g/mol. The molecule has 1 aromatic carbocycles. The number of halogens is 4. The van der Waals surface area contributed by atoms with E-state index >= 15 is 0 Å². The van der Waals surface area contributed by atoms with Crippen molar-refractivity contribution in [2.24, 2.45) is 5.73 Å². The average molecular weight is 288 g/mol. The van der Waals surface area contributed by atoms with E-state index < -0.39 is 23.6 Å². The molecule has 2 nitrogen and oxygen atoms in total. The zero-order valence-electron chi connectivity index (χ0n) is 10.8. The van der Waals surface area contributed by atoms with E-state index in [-0.39, 0.29) is 12.6 Å². The lowest BCUT2D eigenvalue weighted by atomic mass is 10.0. The van der Waals surface area contributed by atoms with Crippen molar-refractivity contribution >= 4 is 0 Å². The summed E-state index contributed by atoms with van der Waals surface area (Å²) >= 11 is 0. The van der Waals surface area contributed by atoms with Gasteiger partial charge in [0.2, 0.25) is 0 Å². The van der Waals surface area contributed by atoms with Gasteiger partial charge in [0.15, 0.2) is 0 Å². The number of nitrogens with one attached hydrogen (secondary N) is 1. The van der Waals surface area contributed by atoms with Crippen LogP contribution in [-0.4, -0.2) is 12.6 Å². The highest BCUT2D eigenvalue weighted by Crippen LogP contribution is 2.33. The van der Waals surface area contributed by atoms with E-state index in [2.05, 4.69) is 5.32 Å². The third-order valence-electron chi connectivity index (χ3n) is 3.38. The molecule has 0 fully saturated rings. The standard InChI is InChI=1S/C14H16F4N2/c15-12-6-5-9(7-11(12)14(16,17)18)13(8-19)20-10-3-1-2-4-10/h1-2,5-7,10,13,20H,3-4,8,19H2. The fraction of sp³-hybridized carbons (Fsp3) is 0.429. The Labute approximate surface area is 114 Å². The number of alkyl halides is 3. The fourth-order valence-electron chi connectivity index (χ4n) is 2.32. The van der Waals surface area contributed by atoms with Crippen molar-refractivity contribution in [2.45, 2.75) is 31.1 Å². The minimum Gasteiger partial charge on any atom is -0.329 e. The van der Waals surface area contributed by atoms with Crippen molar-refractivity contribution in [3.63, 3.8) is 0 Å². The van der Waals surface area contributed by atoms with Crippen molar-refractivity contribution in [3.8, 4) is 0 Å². The summed E-state index contributed by atoms with van der Waals surface area (Å²) in [5.41, 5.74) is 4.73. The molecule has 2 rings (SSSR count). The molecule has 110 valence electrons. The van der Waals surface area contributed by atoms with Gasteiger partial charge in [-0.2, -0.15) is 13.2 Å². The van der Waals surface area contributed by atoms with E-state index in [1.165, 1.54) is 6.07 Å². The lowest BCUT2D eigenvalue weighted by molar-refractivity contribution is -0.140. The fourth-order valence-corrected chi connectivity index (χ4v) is 2.32. The molecule has 0 saturated heterocycles. The zero-order chi connectivity index (χ0) is 14.8. The van der Waals surface area contributed by atoms with Gasteiger partial charge in [-0.15, -0.1) is 0 Å². The van der Waals surface area contributed by atoms with Crippen LogP contribution < -0.4 is 11.1 Å². The summed E-state index contributed by atoms with van der Waals surface area (Å²) in [6.07, 6.45) is 0.968. The smallest absolute Gasteiger partial charge is 0.329 e. The summed E-state index contributed by atoms with van der Waals surface area (Å²) in [4.78, 5) is 0. The van der Waals surface area contributed by atoms with E-state index in [1.807, 2.05) is 12.2 Å². The lowest BCUT2D eigenvalue weighted by Gasteiger charge is -2.23. The third-order valence-corrected chi connectivity index (χ3v) is 3.38. The van der Waals surface area contributed by atoms with Gasteiger partial charge in [-0.1, -0.05) is 18.2 Å². The Morgan fingerprint density at radius 1 is 1.25 bits per heavy atom. The highest BCUT2D eigenvalue weighted by Gasteiger charge is 2.34. The van der Waals surface area contributed by atoms with Crippen LogP contribution >= 0.6 is 0 Å². The topological polar surface area (TPSA) is 38.0 Å². The van der Waals surface area contributed by atoms with Gasteiger partial charge in [-0.3, -0.25) is 0 Å². The number of rotatable bonds is 4. The van der Waals surface area contributed by atoms with Gasteiger partial charge in [-0.05, 0) is 30.5 Å². The van der Waals surface area contributed by atoms with E-state index in [4.69, 9.17) is 5.73 Å². The van der Waals surface area contributed by atoms with Gasteiger partial charge in [0.05, 0.1) is 5.56 Å². The maximum absolute atomic E-state index is 13.3. The van der Waals surface area contributed by atoms with E-state index in [9.17, 15) is 17.6 Å². The van der Waals surface area contributed by atoms with Gasteiger partial charge in [0, 0.05) is 18.6 Å². The van der Waals surface area contributed by atoms with Crippen molar-refractivity contribution in [1.82, 2.24) is 5.32 Å². The van der Waals surface area contributed by atoms with E-state index in [0.717, 1.165) is 25.0 Å². The number of benzene rings is 1. The van der Waals surface area contributed by atoms with Crippen molar-refractivity contribution in [2.75, 3.05) is 6.54 Å². The Hall–Kier alpha value is -1.40. The minimum atomic E-state index is -4.70. The molecule has 0 saturated carbocycles. The molecule has 0 radical (unpaired) electrons. The molecule has 0 heterocycles. The third kappa shape index (κ3) is 3.37. The Kier molecular flexibility index (Phi) is 4.45. The minimum absolute atomic E-state index is 0.152. The molecule has 1 unspecified atom stereocenters. The highest BCUT2D eigenvalue weighted by molar-refractivity contribution is 5.30. The van der Waals surface area contributed by atoms with Crippen LogP contribution in [0.2, 0.25) is 0 Å². The van der Waals surface area contributed by atoms with Gasteiger partial charge >= 0.3 is 6.18 Å². The zero-order valence-corrected chi connectivity index (χ0v) is 10.8. The van der Waals surface area contributed by atoms with E-state index in [1.54, 1.807) is 0 Å². The van der Waals surface area contributed by atoms with Gasteiger partial charge < -0.3 is 11.1 Å². The molecule has 6 heteroatoms. The molecule has 20 heavy (non-hydrogen) atoms. The van der Waals surface area contributed by atoms with Crippen LogP contribution in [0.25, 0.3) is 0 Å². The summed E-state index contributed by atoms with van der Waals surface area (Å²) in [7, 11) is 0. The first-order chi connectivity index (χ1) is 9.41. The van der Waals surface area contributed by atoms with Gasteiger partial charge in [0.1, 0.15) is 5.82 Å². The lowest BCUT2D eigenvalue weighted by Crippen LogP contribution is -2.35. The predicted molar refractivity (Wildman–Crippen MR) is 68.5 cm³/mol. The van der Waals surface area contributed by atoms with Crippen LogP contribution in [-0.2, 0) is 6.18 Å².